The highest BCUT2D eigenvalue weighted by atomic mass is 19.4. The summed E-state index contributed by atoms with van der Waals surface area (Å²) in [5.41, 5.74) is 0.781. The maximum absolute atomic E-state index is 12.1. The third-order valence-electron chi connectivity index (χ3n) is 3.26. The van der Waals surface area contributed by atoms with Gasteiger partial charge in [0.05, 0.1) is 12.6 Å². The summed E-state index contributed by atoms with van der Waals surface area (Å²) in [5, 5.41) is 12.7. The Balaban J connectivity index is 2.06. The molecule has 0 unspecified atom stereocenters. The average Bonchev–Trinajstić information content (AvgIpc) is 2.41. The van der Waals surface area contributed by atoms with Crippen LogP contribution in [0, 0.1) is 0 Å². The lowest BCUT2D eigenvalue weighted by atomic mass is 10.1. The number of alkyl halides is 3. The van der Waals surface area contributed by atoms with Crippen molar-refractivity contribution in [2.75, 3.05) is 32.8 Å². The van der Waals surface area contributed by atoms with E-state index in [2.05, 4.69) is 15.0 Å². The molecule has 2 N–H and O–H groups in total. The van der Waals surface area contributed by atoms with Gasteiger partial charge in [0, 0.05) is 26.2 Å². The molecule has 1 aromatic rings. The van der Waals surface area contributed by atoms with E-state index in [9.17, 15) is 18.3 Å². The van der Waals surface area contributed by atoms with Crippen molar-refractivity contribution < 1.29 is 23.0 Å². The Morgan fingerprint density at radius 2 is 1.80 bits per heavy atom. The van der Waals surface area contributed by atoms with Gasteiger partial charge in [0.15, 0.2) is 0 Å². The Morgan fingerprint density at radius 3 is 2.30 bits per heavy atom. The van der Waals surface area contributed by atoms with Crippen molar-refractivity contribution in [3.8, 4) is 5.75 Å². The average molecular weight is 290 g/mol. The van der Waals surface area contributed by atoms with Crippen LogP contribution in [0.3, 0.4) is 0 Å². The van der Waals surface area contributed by atoms with Gasteiger partial charge in [-0.05, 0) is 17.7 Å². The van der Waals surface area contributed by atoms with E-state index >= 15 is 0 Å². The van der Waals surface area contributed by atoms with Crippen LogP contribution in [0.5, 0.6) is 5.75 Å². The normalized spacial score (nSPS) is 18.8. The van der Waals surface area contributed by atoms with Crippen molar-refractivity contribution >= 4 is 0 Å². The van der Waals surface area contributed by atoms with E-state index < -0.39 is 6.36 Å². The molecule has 112 valence electrons. The standard InChI is InChI=1S/C13H17F3N2O2/c14-13(15,16)20-11-3-1-10(2-4-11)12(9-19)18-7-5-17-6-8-18/h1-4,12,17,19H,5-9H2/t12-/m1/s1. The number of piperazine rings is 1. The Labute approximate surface area is 115 Å². The molecule has 1 fully saturated rings. The highest BCUT2D eigenvalue weighted by molar-refractivity contribution is 5.29. The maximum Gasteiger partial charge on any atom is 0.573 e. The Bertz CT molecular complexity index is 417. The first-order valence-corrected chi connectivity index (χ1v) is 6.41. The molecule has 0 aliphatic carbocycles. The van der Waals surface area contributed by atoms with E-state index in [1.165, 1.54) is 12.1 Å². The SMILES string of the molecule is OC[C@H](c1ccc(OC(F)(F)F)cc1)N1CCNCC1. The lowest BCUT2D eigenvalue weighted by Gasteiger charge is -2.34. The first-order chi connectivity index (χ1) is 9.49. The Morgan fingerprint density at radius 1 is 1.20 bits per heavy atom. The minimum atomic E-state index is -4.68. The molecule has 0 spiro atoms. The molecule has 20 heavy (non-hydrogen) atoms. The molecule has 1 aliphatic heterocycles. The van der Waals surface area contributed by atoms with Crippen LogP contribution in [0.25, 0.3) is 0 Å². The molecule has 1 aliphatic rings. The van der Waals surface area contributed by atoms with Gasteiger partial charge in [-0.3, -0.25) is 4.90 Å². The smallest absolute Gasteiger partial charge is 0.406 e. The molecule has 4 nitrogen and oxygen atoms in total. The number of benzene rings is 1. The number of halogens is 3. The van der Waals surface area contributed by atoms with Gasteiger partial charge in [0.1, 0.15) is 5.75 Å². The lowest BCUT2D eigenvalue weighted by Crippen LogP contribution is -2.46. The number of hydrogen-bond donors (Lipinski definition) is 2. The molecule has 1 atom stereocenters. The maximum atomic E-state index is 12.1. The van der Waals surface area contributed by atoms with E-state index in [-0.39, 0.29) is 18.4 Å². The first kappa shape index (κ1) is 15.1. The van der Waals surface area contributed by atoms with Crippen LogP contribution in [0.2, 0.25) is 0 Å². The monoisotopic (exact) mass is 290 g/mol. The van der Waals surface area contributed by atoms with E-state index in [1.54, 1.807) is 12.1 Å². The van der Waals surface area contributed by atoms with Gasteiger partial charge in [-0.25, -0.2) is 0 Å². The molecule has 0 bridgehead atoms. The second-order valence-electron chi connectivity index (χ2n) is 4.60. The summed E-state index contributed by atoms with van der Waals surface area (Å²) >= 11 is 0. The number of hydrogen-bond acceptors (Lipinski definition) is 4. The molecule has 0 amide bonds. The Hall–Kier alpha value is -1.31. The first-order valence-electron chi connectivity index (χ1n) is 6.41. The van der Waals surface area contributed by atoms with Gasteiger partial charge in [-0.1, -0.05) is 12.1 Å². The third-order valence-corrected chi connectivity index (χ3v) is 3.26. The fraction of sp³-hybridized carbons (Fsp3) is 0.538. The molecular formula is C13H17F3N2O2. The minimum absolute atomic E-state index is 0.0700. The number of aliphatic hydroxyl groups is 1. The van der Waals surface area contributed by atoms with Gasteiger partial charge >= 0.3 is 6.36 Å². The van der Waals surface area contributed by atoms with Crippen LogP contribution < -0.4 is 10.1 Å². The highest BCUT2D eigenvalue weighted by Gasteiger charge is 2.31. The predicted octanol–water partition coefficient (Wildman–Crippen LogP) is 1.52. The fourth-order valence-electron chi connectivity index (χ4n) is 2.32. The minimum Gasteiger partial charge on any atom is -0.406 e. The van der Waals surface area contributed by atoms with E-state index in [1.807, 2.05) is 0 Å². The summed E-state index contributed by atoms with van der Waals surface area (Å²) in [6.45, 7) is 3.20. The van der Waals surface area contributed by atoms with Crippen molar-refractivity contribution in [2.24, 2.45) is 0 Å². The zero-order chi connectivity index (χ0) is 14.6. The molecule has 1 heterocycles. The summed E-state index contributed by atoms with van der Waals surface area (Å²) in [4.78, 5) is 2.11. The van der Waals surface area contributed by atoms with Crippen molar-refractivity contribution in [2.45, 2.75) is 12.4 Å². The van der Waals surface area contributed by atoms with E-state index in [0.29, 0.717) is 0 Å². The summed E-state index contributed by atoms with van der Waals surface area (Å²) < 4.78 is 40.1. The largest absolute Gasteiger partial charge is 0.573 e. The zero-order valence-corrected chi connectivity index (χ0v) is 10.9. The second-order valence-corrected chi connectivity index (χ2v) is 4.60. The molecule has 0 radical (unpaired) electrons. The highest BCUT2D eigenvalue weighted by Crippen LogP contribution is 2.26. The van der Waals surface area contributed by atoms with Crippen LogP contribution >= 0.6 is 0 Å². The van der Waals surface area contributed by atoms with Gasteiger partial charge in [-0.2, -0.15) is 0 Å². The van der Waals surface area contributed by atoms with Crippen molar-refractivity contribution in [3.05, 3.63) is 29.8 Å². The Kier molecular flexibility index (Phi) is 4.85. The molecule has 7 heteroatoms. The molecule has 0 saturated carbocycles. The number of rotatable bonds is 4. The fourth-order valence-corrected chi connectivity index (χ4v) is 2.32. The molecule has 0 aromatic heterocycles. The van der Waals surface area contributed by atoms with Crippen molar-refractivity contribution in [3.63, 3.8) is 0 Å². The number of nitrogens with zero attached hydrogens (tertiary/aromatic N) is 1. The van der Waals surface area contributed by atoms with Crippen LogP contribution in [0.4, 0.5) is 13.2 Å². The van der Waals surface area contributed by atoms with Crippen molar-refractivity contribution in [1.82, 2.24) is 10.2 Å². The van der Waals surface area contributed by atoms with Gasteiger partial charge in [0.25, 0.3) is 0 Å². The predicted molar refractivity (Wildman–Crippen MR) is 67.4 cm³/mol. The molecule has 2 rings (SSSR count). The third kappa shape index (κ3) is 4.09. The van der Waals surface area contributed by atoms with Crippen LogP contribution in [0.1, 0.15) is 11.6 Å². The molecule has 1 aromatic carbocycles. The summed E-state index contributed by atoms with van der Waals surface area (Å²) in [6, 6.07) is 5.46. The zero-order valence-electron chi connectivity index (χ0n) is 10.9. The quantitative estimate of drug-likeness (QED) is 0.882. The van der Waals surface area contributed by atoms with Crippen LogP contribution in [-0.4, -0.2) is 49.2 Å². The molecule has 1 saturated heterocycles. The number of nitrogens with one attached hydrogen (secondary N) is 1. The van der Waals surface area contributed by atoms with Crippen molar-refractivity contribution in [1.29, 1.82) is 0 Å². The number of ether oxygens (including phenoxy) is 1. The summed E-state index contributed by atoms with van der Waals surface area (Å²) in [5.74, 6) is -0.252. The topological polar surface area (TPSA) is 44.7 Å². The second kappa shape index (κ2) is 6.43. The lowest BCUT2D eigenvalue weighted by molar-refractivity contribution is -0.274. The molecular weight excluding hydrogens is 273 g/mol. The van der Waals surface area contributed by atoms with E-state index in [4.69, 9.17) is 0 Å². The number of aliphatic hydroxyl groups excluding tert-OH is 1. The van der Waals surface area contributed by atoms with Gasteiger partial charge < -0.3 is 15.2 Å². The van der Waals surface area contributed by atoms with E-state index in [0.717, 1.165) is 31.7 Å². The van der Waals surface area contributed by atoms with Gasteiger partial charge in [0.2, 0.25) is 0 Å². The summed E-state index contributed by atoms with van der Waals surface area (Å²) in [6.07, 6.45) is -4.68. The van der Waals surface area contributed by atoms with Crippen LogP contribution in [0.15, 0.2) is 24.3 Å². The summed E-state index contributed by atoms with van der Waals surface area (Å²) in [7, 11) is 0. The van der Waals surface area contributed by atoms with Crippen LogP contribution in [-0.2, 0) is 0 Å². The van der Waals surface area contributed by atoms with Gasteiger partial charge in [-0.15, -0.1) is 13.2 Å².